The largest absolute Gasteiger partial charge is 0.450 e. The Labute approximate surface area is 271 Å². The Hall–Kier alpha value is -2.93. The van der Waals surface area contributed by atoms with E-state index in [2.05, 4.69) is 122 Å². The summed E-state index contributed by atoms with van der Waals surface area (Å²) in [6, 6.07) is 33.7. The van der Waals surface area contributed by atoms with E-state index in [4.69, 9.17) is 9.16 Å². The van der Waals surface area contributed by atoms with E-state index in [1.54, 1.807) is 0 Å². The summed E-state index contributed by atoms with van der Waals surface area (Å²) in [6.45, 7) is 10.3. The number of benzene rings is 3. The zero-order chi connectivity index (χ0) is 31.2. The number of fused-ring (bicyclic) bond motifs is 2. The van der Waals surface area contributed by atoms with Crippen LogP contribution in [0, 0.1) is 11.8 Å². The predicted octanol–water partition coefficient (Wildman–Crippen LogP) is 6.99. The van der Waals surface area contributed by atoms with Gasteiger partial charge in [0.2, 0.25) is 0 Å². The van der Waals surface area contributed by atoms with Crippen LogP contribution in [0.3, 0.4) is 0 Å². The SMILES string of the molecule is CCOC(=O)N1C2CC3CC1[C@H](O[Si](c1ccccc1)(c1ccccc1)C(C)(C)C)C2N(Cc1ccccc1)C3C1CCCC1. The first kappa shape index (κ1) is 30.7. The van der Waals surface area contributed by atoms with Crippen molar-refractivity contribution in [2.24, 2.45) is 11.8 Å². The van der Waals surface area contributed by atoms with Gasteiger partial charge in [-0.05, 0) is 65.4 Å². The first-order chi connectivity index (χ1) is 21.8. The molecule has 0 radical (unpaired) electrons. The van der Waals surface area contributed by atoms with Gasteiger partial charge < -0.3 is 9.16 Å². The molecule has 3 aromatic carbocycles. The Bertz CT molecular complexity index is 1400. The molecule has 0 N–H and O–H groups in total. The molecule has 4 aliphatic rings. The Morgan fingerprint density at radius 2 is 1.33 bits per heavy atom. The number of piperidine rings is 2. The Kier molecular flexibility index (Phi) is 8.43. The molecule has 5 nitrogen and oxygen atoms in total. The number of rotatable bonds is 8. The molecule has 0 spiro atoms. The maximum atomic E-state index is 13.8. The molecule has 5 unspecified atom stereocenters. The second kappa shape index (κ2) is 12.3. The van der Waals surface area contributed by atoms with Crippen molar-refractivity contribution < 1.29 is 14.0 Å². The van der Waals surface area contributed by atoms with Crippen LogP contribution in [0.15, 0.2) is 91.0 Å². The summed E-state index contributed by atoms with van der Waals surface area (Å²) < 4.78 is 13.9. The van der Waals surface area contributed by atoms with Gasteiger partial charge in [-0.15, -0.1) is 0 Å². The van der Waals surface area contributed by atoms with Crippen LogP contribution >= 0.6 is 0 Å². The molecule has 6 atom stereocenters. The second-order valence-corrected chi connectivity index (χ2v) is 19.2. The van der Waals surface area contributed by atoms with Crippen LogP contribution < -0.4 is 10.4 Å². The van der Waals surface area contributed by atoms with Gasteiger partial charge in [-0.1, -0.05) is 125 Å². The van der Waals surface area contributed by atoms with Crippen LogP contribution in [-0.2, 0) is 15.7 Å². The minimum absolute atomic E-state index is 0.00382. The lowest BCUT2D eigenvalue weighted by Gasteiger charge is -2.53. The van der Waals surface area contributed by atoms with Gasteiger partial charge in [0.05, 0.1) is 30.8 Å². The van der Waals surface area contributed by atoms with Crippen LogP contribution in [0.5, 0.6) is 0 Å². The molecule has 45 heavy (non-hydrogen) atoms. The van der Waals surface area contributed by atoms with E-state index in [-0.39, 0.29) is 35.4 Å². The van der Waals surface area contributed by atoms with E-state index in [0.717, 1.165) is 19.4 Å². The van der Waals surface area contributed by atoms with E-state index < -0.39 is 8.32 Å². The molecule has 4 fully saturated rings. The molecule has 3 saturated heterocycles. The van der Waals surface area contributed by atoms with Crippen molar-refractivity contribution in [1.82, 2.24) is 9.80 Å². The normalized spacial score (nSPS) is 28.5. The van der Waals surface area contributed by atoms with E-state index in [1.807, 2.05) is 6.92 Å². The Morgan fingerprint density at radius 1 is 0.778 bits per heavy atom. The Morgan fingerprint density at radius 3 is 1.89 bits per heavy atom. The van der Waals surface area contributed by atoms with Crippen molar-refractivity contribution in [3.8, 4) is 0 Å². The molecule has 1 saturated carbocycles. The zero-order valence-electron chi connectivity index (χ0n) is 27.5. The molecule has 3 aliphatic heterocycles. The maximum Gasteiger partial charge on any atom is 0.410 e. The second-order valence-electron chi connectivity index (χ2n) is 14.9. The van der Waals surface area contributed by atoms with Crippen molar-refractivity contribution in [2.75, 3.05) is 6.61 Å². The van der Waals surface area contributed by atoms with Crippen molar-refractivity contribution in [2.45, 2.75) is 108 Å². The highest BCUT2D eigenvalue weighted by Crippen LogP contribution is 2.54. The zero-order valence-corrected chi connectivity index (χ0v) is 28.5. The fourth-order valence-electron chi connectivity index (χ4n) is 9.86. The van der Waals surface area contributed by atoms with Gasteiger partial charge in [0.15, 0.2) is 0 Å². The lowest BCUT2D eigenvalue weighted by Crippen LogP contribution is -2.70. The van der Waals surface area contributed by atoms with Crippen molar-refractivity contribution in [3.05, 3.63) is 96.6 Å². The summed E-state index contributed by atoms with van der Waals surface area (Å²) >= 11 is 0. The molecule has 1 aliphatic carbocycles. The number of hydrogen-bond acceptors (Lipinski definition) is 4. The first-order valence-electron chi connectivity index (χ1n) is 17.4. The quantitative estimate of drug-likeness (QED) is 0.254. The monoisotopic (exact) mass is 622 g/mol. The lowest BCUT2D eigenvalue weighted by atomic mass is 9.74. The fourth-order valence-corrected chi connectivity index (χ4v) is 14.6. The number of nitrogens with zero attached hydrogens (tertiary/aromatic N) is 2. The topological polar surface area (TPSA) is 42.0 Å². The third-order valence-electron chi connectivity index (χ3n) is 11.5. The molecule has 3 aromatic rings. The van der Waals surface area contributed by atoms with Crippen molar-refractivity contribution in [3.63, 3.8) is 0 Å². The summed E-state index contributed by atoms with van der Waals surface area (Å²) in [7, 11) is -2.88. The number of likely N-dealkylation sites (tertiary alicyclic amines) is 1. The lowest BCUT2D eigenvalue weighted by molar-refractivity contribution is -0.0516. The first-order valence-corrected chi connectivity index (χ1v) is 19.3. The van der Waals surface area contributed by atoms with Crippen LogP contribution in [0.4, 0.5) is 4.79 Å². The summed E-state index contributed by atoms with van der Waals surface area (Å²) in [4.78, 5) is 18.8. The average Bonchev–Trinajstić information content (AvgIpc) is 3.61. The number of ether oxygens (including phenoxy) is 1. The van der Waals surface area contributed by atoms with E-state index in [0.29, 0.717) is 24.5 Å². The Balaban J connectivity index is 1.39. The van der Waals surface area contributed by atoms with E-state index in [1.165, 1.54) is 41.6 Å². The van der Waals surface area contributed by atoms with Crippen LogP contribution in [0.2, 0.25) is 5.04 Å². The standard InChI is InChI=1S/C39H50N2O3Si/c1-5-43-38(42)41-33-25-30-26-34(41)37(36(33)40(27-28-17-9-6-10-18-28)35(30)29-19-15-16-20-29)44-45(39(2,3)4,31-21-11-7-12-22-31)32-23-13-8-14-24-32/h6-14,17-18,21-24,29-30,33-37H,5,15-16,19-20,25-27H2,1-4H3/t30?,33?,34?,35?,36?,37-/m0/s1. The molecular weight excluding hydrogens is 573 g/mol. The number of hydrogen-bond donors (Lipinski definition) is 0. The van der Waals surface area contributed by atoms with Crippen LogP contribution in [0.1, 0.15) is 71.8 Å². The molecule has 3 bridgehead atoms. The molecule has 7 rings (SSSR count). The van der Waals surface area contributed by atoms with E-state index in [9.17, 15) is 4.79 Å². The number of carbonyl (C=O) groups is 1. The summed E-state index contributed by atoms with van der Waals surface area (Å²) in [5, 5.41) is 2.45. The predicted molar refractivity (Wildman–Crippen MR) is 183 cm³/mol. The maximum absolute atomic E-state index is 13.8. The molecular formula is C39H50N2O3Si. The molecule has 6 heteroatoms. The van der Waals surface area contributed by atoms with E-state index >= 15 is 0 Å². The third kappa shape index (κ3) is 5.27. The molecule has 0 aromatic heterocycles. The highest BCUT2D eigenvalue weighted by molar-refractivity contribution is 6.99. The third-order valence-corrected chi connectivity index (χ3v) is 16.5. The van der Waals surface area contributed by atoms with Gasteiger partial charge in [0.1, 0.15) is 0 Å². The van der Waals surface area contributed by atoms with Crippen molar-refractivity contribution >= 4 is 24.8 Å². The van der Waals surface area contributed by atoms with Crippen LogP contribution in [0.25, 0.3) is 0 Å². The number of carbonyl (C=O) groups excluding carboxylic acids is 1. The van der Waals surface area contributed by atoms with Crippen LogP contribution in [-0.4, -0.2) is 61.1 Å². The average molecular weight is 623 g/mol. The summed E-state index contributed by atoms with van der Waals surface area (Å²) in [5.41, 5.74) is 1.34. The van der Waals surface area contributed by atoms with Gasteiger partial charge in [-0.25, -0.2) is 4.79 Å². The minimum atomic E-state index is -2.88. The molecule has 238 valence electrons. The van der Waals surface area contributed by atoms with Gasteiger partial charge in [0, 0.05) is 12.6 Å². The smallest absolute Gasteiger partial charge is 0.410 e. The highest BCUT2D eigenvalue weighted by atomic mass is 28.4. The summed E-state index contributed by atoms with van der Waals surface area (Å²) in [5.74, 6) is 1.27. The summed E-state index contributed by atoms with van der Waals surface area (Å²) in [6.07, 6.45) is 7.07. The van der Waals surface area contributed by atoms with Gasteiger partial charge in [-0.2, -0.15) is 0 Å². The highest BCUT2D eigenvalue weighted by Gasteiger charge is 2.66. The van der Waals surface area contributed by atoms with Gasteiger partial charge in [-0.3, -0.25) is 9.80 Å². The van der Waals surface area contributed by atoms with Crippen molar-refractivity contribution in [1.29, 1.82) is 0 Å². The minimum Gasteiger partial charge on any atom is -0.450 e. The van der Waals surface area contributed by atoms with Gasteiger partial charge in [0.25, 0.3) is 8.32 Å². The molecule has 3 heterocycles. The van der Waals surface area contributed by atoms with Gasteiger partial charge >= 0.3 is 6.09 Å². The number of amides is 1. The molecule has 1 amide bonds. The fraction of sp³-hybridized carbons (Fsp3) is 0.513.